The number of aromatic nitrogens is 2. The molecular weight excluding hydrogens is 278 g/mol. The summed E-state index contributed by atoms with van der Waals surface area (Å²) in [6.07, 6.45) is 2.29. The van der Waals surface area contributed by atoms with E-state index < -0.39 is 5.56 Å². The molecule has 1 aliphatic rings. The summed E-state index contributed by atoms with van der Waals surface area (Å²) < 4.78 is 0. The van der Waals surface area contributed by atoms with Crippen molar-refractivity contribution < 1.29 is 5.11 Å². The lowest BCUT2D eigenvalue weighted by Crippen LogP contribution is -2.21. The maximum Gasteiger partial charge on any atom is 0.262 e. The summed E-state index contributed by atoms with van der Waals surface area (Å²) in [6.45, 7) is 0.441. The van der Waals surface area contributed by atoms with E-state index in [4.69, 9.17) is 11.6 Å². The standard InChI is InChI=1S/C14H14ClN3O2/c15-10-4-2-1-3-9(10)12-13(19)17-11(18-14(12)20)7-16-8-5-6-8/h1-4,8,16H,5-7H2,(H2,17,18,19,20). The first kappa shape index (κ1) is 13.1. The molecule has 1 aromatic carbocycles. The second-order valence-electron chi connectivity index (χ2n) is 4.85. The van der Waals surface area contributed by atoms with E-state index in [-0.39, 0.29) is 11.4 Å². The van der Waals surface area contributed by atoms with Crippen molar-refractivity contribution in [2.24, 2.45) is 0 Å². The molecule has 0 saturated heterocycles. The van der Waals surface area contributed by atoms with Crippen LogP contribution in [0.2, 0.25) is 5.02 Å². The summed E-state index contributed by atoms with van der Waals surface area (Å²) in [7, 11) is 0. The Morgan fingerprint density at radius 3 is 2.80 bits per heavy atom. The van der Waals surface area contributed by atoms with Crippen molar-refractivity contribution in [1.29, 1.82) is 0 Å². The van der Waals surface area contributed by atoms with Gasteiger partial charge in [-0.15, -0.1) is 0 Å². The molecule has 20 heavy (non-hydrogen) atoms. The number of halogens is 1. The van der Waals surface area contributed by atoms with Gasteiger partial charge in [0.1, 0.15) is 11.4 Å². The number of hydrogen-bond acceptors (Lipinski definition) is 4. The SMILES string of the molecule is O=c1[nH]c(CNC2CC2)nc(O)c1-c1ccccc1Cl. The van der Waals surface area contributed by atoms with E-state index in [0.29, 0.717) is 29.0 Å². The number of H-pyrrole nitrogens is 1. The van der Waals surface area contributed by atoms with Crippen molar-refractivity contribution >= 4 is 11.6 Å². The molecule has 1 fully saturated rings. The highest BCUT2D eigenvalue weighted by molar-refractivity contribution is 6.33. The van der Waals surface area contributed by atoms with E-state index >= 15 is 0 Å². The molecule has 0 spiro atoms. The van der Waals surface area contributed by atoms with E-state index in [1.165, 1.54) is 0 Å². The number of aromatic hydroxyl groups is 1. The van der Waals surface area contributed by atoms with Crippen LogP contribution in [-0.4, -0.2) is 21.1 Å². The molecule has 0 aliphatic heterocycles. The maximum absolute atomic E-state index is 12.1. The van der Waals surface area contributed by atoms with Gasteiger partial charge in [-0.25, -0.2) is 0 Å². The Morgan fingerprint density at radius 1 is 1.40 bits per heavy atom. The fourth-order valence-electron chi connectivity index (χ4n) is 2.03. The summed E-state index contributed by atoms with van der Waals surface area (Å²) in [5.74, 6) is 0.129. The molecule has 1 aromatic heterocycles. The largest absolute Gasteiger partial charge is 0.493 e. The summed E-state index contributed by atoms with van der Waals surface area (Å²) in [5, 5.41) is 13.6. The molecule has 1 heterocycles. The smallest absolute Gasteiger partial charge is 0.262 e. The van der Waals surface area contributed by atoms with Gasteiger partial charge in [-0.3, -0.25) is 4.79 Å². The van der Waals surface area contributed by atoms with Crippen LogP contribution in [0.3, 0.4) is 0 Å². The van der Waals surface area contributed by atoms with Crippen molar-refractivity contribution in [1.82, 2.24) is 15.3 Å². The molecule has 0 amide bonds. The minimum Gasteiger partial charge on any atom is -0.493 e. The van der Waals surface area contributed by atoms with Crippen LogP contribution in [0.25, 0.3) is 11.1 Å². The van der Waals surface area contributed by atoms with E-state index in [0.717, 1.165) is 12.8 Å². The average Bonchev–Trinajstić information content (AvgIpc) is 3.22. The van der Waals surface area contributed by atoms with Gasteiger partial charge in [-0.1, -0.05) is 29.8 Å². The van der Waals surface area contributed by atoms with Crippen LogP contribution >= 0.6 is 11.6 Å². The number of aromatic amines is 1. The summed E-state index contributed by atoms with van der Waals surface area (Å²) in [4.78, 5) is 18.8. The van der Waals surface area contributed by atoms with Crippen molar-refractivity contribution in [2.45, 2.75) is 25.4 Å². The molecule has 6 heteroatoms. The maximum atomic E-state index is 12.1. The highest BCUT2D eigenvalue weighted by atomic mass is 35.5. The van der Waals surface area contributed by atoms with Gasteiger partial charge in [0.05, 0.1) is 6.54 Å². The van der Waals surface area contributed by atoms with Gasteiger partial charge in [0.2, 0.25) is 5.88 Å². The number of nitrogens with one attached hydrogen (secondary N) is 2. The summed E-state index contributed by atoms with van der Waals surface area (Å²) >= 11 is 6.05. The lowest BCUT2D eigenvalue weighted by molar-refractivity contribution is 0.448. The molecule has 0 atom stereocenters. The second kappa shape index (κ2) is 5.26. The predicted molar refractivity (Wildman–Crippen MR) is 76.8 cm³/mol. The molecular formula is C14H14ClN3O2. The number of rotatable bonds is 4. The first-order valence-electron chi connectivity index (χ1n) is 6.45. The van der Waals surface area contributed by atoms with Crippen molar-refractivity contribution in [3.63, 3.8) is 0 Å². The highest BCUT2D eigenvalue weighted by Gasteiger charge is 2.21. The molecule has 1 saturated carbocycles. The van der Waals surface area contributed by atoms with Crippen LogP contribution in [0.1, 0.15) is 18.7 Å². The summed E-state index contributed by atoms with van der Waals surface area (Å²) in [5.41, 5.74) is 0.186. The van der Waals surface area contributed by atoms with E-state index in [9.17, 15) is 9.90 Å². The predicted octanol–water partition coefficient (Wildman–Crippen LogP) is 2.05. The number of hydrogen-bond donors (Lipinski definition) is 3. The second-order valence-corrected chi connectivity index (χ2v) is 5.25. The summed E-state index contributed by atoms with van der Waals surface area (Å²) in [6, 6.07) is 7.36. The lowest BCUT2D eigenvalue weighted by Gasteiger charge is -2.08. The van der Waals surface area contributed by atoms with Gasteiger partial charge in [0, 0.05) is 16.6 Å². The topological polar surface area (TPSA) is 78.0 Å². The number of benzene rings is 1. The third-order valence-electron chi connectivity index (χ3n) is 3.23. The molecule has 2 aromatic rings. The van der Waals surface area contributed by atoms with Gasteiger partial charge < -0.3 is 15.4 Å². The van der Waals surface area contributed by atoms with Gasteiger partial charge in [-0.2, -0.15) is 4.98 Å². The van der Waals surface area contributed by atoms with Gasteiger partial charge in [0.25, 0.3) is 5.56 Å². The Bertz CT molecular complexity index is 695. The van der Waals surface area contributed by atoms with Gasteiger partial charge in [-0.05, 0) is 18.9 Å². The molecule has 1 aliphatic carbocycles. The van der Waals surface area contributed by atoms with Crippen LogP contribution in [0.15, 0.2) is 29.1 Å². The van der Waals surface area contributed by atoms with Crippen LogP contribution < -0.4 is 10.9 Å². The van der Waals surface area contributed by atoms with Crippen molar-refractivity contribution in [3.8, 4) is 17.0 Å². The van der Waals surface area contributed by atoms with Crippen LogP contribution in [0.4, 0.5) is 0 Å². The first-order valence-corrected chi connectivity index (χ1v) is 6.83. The monoisotopic (exact) mass is 291 g/mol. The molecule has 104 valence electrons. The Balaban J connectivity index is 1.96. The fourth-order valence-corrected chi connectivity index (χ4v) is 2.26. The zero-order valence-corrected chi connectivity index (χ0v) is 11.4. The van der Waals surface area contributed by atoms with Crippen LogP contribution in [-0.2, 0) is 6.54 Å². The minimum atomic E-state index is -0.391. The third-order valence-corrected chi connectivity index (χ3v) is 3.56. The molecule has 0 bridgehead atoms. The Kier molecular flexibility index (Phi) is 3.46. The lowest BCUT2D eigenvalue weighted by atomic mass is 10.1. The molecule has 5 nitrogen and oxygen atoms in total. The zero-order chi connectivity index (χ0) is 14.1. The fraction of sp³-hybridized carbons (Fsp3) is 0.286. The van der Waals surface area contributed by atoms with E-state index in [2.05, 4.69) is 15.3 Å². The normalized spacial score (nSPS) is 14.4. The van der Waals surface area contributed by atoms with Gasteiger partial charge >= 0.3 is 0 Å². The van der Waals surface area contributed by atoms with Crippen molar-refractivity contribution in [2.75, 3.05) is 0 Å². The Hall–Kier alpha value is -1.85. The highest BCUT2D eigenvalue weighted by Crippen LogP contribution is 2.29. The van der Waals surface area contributed by atoms with Crippen molar-refractivity contribution in [3.05, 3.63) is 45.5 Å². The molecule has 0 radical (unpaired) electrons. The molecule has 3 rings (SSSR count). The third kappa shape index (κ3) is 2.69. The van der Waals surface area contributed by atoms with Crippen LogP contribution in [0, 0.1) is 0 Å². The van der Waals surface area contributed by atoms with E-state index in [1.807, 2.05) is 0 Å². The van der Waals surface area contributed by atoms with Crippen LogP contribution in [0.5, 0.6) is 5.88 Å². The average molecular weight is 292 g/mol. The molecule has 0 unspecified atom stereocenters. The van der Waals surface area contributed by atoms with E-state index in [1.54, 1.807) is 24.3 Å². The molecule has 3 N–H and O–H groups in total. The zero-order valence-electron chi connectivity index (χ0n) is 10.7. The Labute approximate surface area is 120 Å². The first-order chi connectivity index (χ1) is 9.65. The number of nitrogens with zero attached hydrogens (tertiary/aromatic N) is 1. The quantitative estimate of drug-likeness (QED) is 0.805. The Morgan fingerprint density at radius 2 is 2.15 bits per heavy atom. The minimum absolute atomic E-state index is 0.103. The van der Waals surface area contributed by atoms with Gasteiger partial charge in [0.15, 0.2) is 0 Å².